The second kappa shape index (κ2) is 3.87. The number of rotatable bonds is 2. The van der Waals surface area contributed by atoms with Gasteiger partial charge >= 0.3 is 0 Å². The molecule has 1 rings (SSSR count). The van der Waals surface area contributed by atoms with Crippen LogP contribution in [0.3, 0.4) is 0 Å². The molecule has 0 aliphatic carbocycles. The Hall–Kier alpha value is -0.900. The van der Waals surface area contributed by atoms with Gasteiger partial charge in [-0.05, 0) is 22.0 Å². The molecule has 0 amide bonds. The molecule has 4 heteroatoms. The lowest BCUT2D eigenvalue weighted by Gasteiger charge is -2.06. The van der Waals surface area contributed by atoms with Gasteiger partial charge in [0.2, 0.25) is 0 Å². The van der Waals surface area contributed by atoms with Crippen LogP contribution in [0.4, 0.5) is 5.69 Å². The summed E-state index contributed by atoms with van der Waals surface area (Å²) >= 11 is 3.16. The van der Waals surface area contributed by atoms with Crippen molar-refractivity contribution in [2.24, 2.45) is 0 Å². The van der Waals surface area contributed by atoms with Crippen molar-refractivity contribution in [3.05, 3.63) is 44.3 Å². The van der Waals surface area contributed by atoms with Crippen LogP contribution in [-0.4, -0.2) is 4.92 Å². The number of benzene rings is 1. The van der Waals surface area contributed by atoms with Gasteiger partial charge in [0.1, 0.15) is 0 Å². The van der Waals surface area contributed by atoms with Crippen molar-refractivity contribution in [2.75, 3.05) is 0 Å². The van der Waals surface area contributed by atoms with Gasteiger partial charge in [-0.15, -0.1) is 0 Å². The average molecular weight is 243 g/mol. The maximum Gasteiger partial charge on any atom is 0.287 e. The Balaban J connectivity index is 3.34. The Kier molecular flexibility index (Phi) is 3.03. The molecule has 0 aromatic heterocycles. The van der Waals surface area contributed by atoms with Gasteiger partial charge in [0.25, 0.3) is 5.69 Å². The van der Waals surface area contributed by atoms with Crippen molar-refractivity contribution in [2.45, 2.75) is 13.8 Å². The third-order valence-electron chi connectivity index (χ3n) is 1.71. The van der Waals surface area contributed by atoms with Gasteiger partial charge < -0.3 is 0 Å². The third-order valence-corrected chi connectivity index (χ3v) is 2.35. The Morgan fingerprint density at radius 2 is 2.08 bits per heavy atom. The van der Waals surface area contributed by atoms with Crippen molar-refractivity contribution >= 4 is 21.6 Å². The quantitative estimate of drug-likeness (QED) is 0.590. The highest BCUT2D eigenvalue weighted by Gasteiger charge is 2.19. The molecule has 0 atom stereocenters. The molecule has 13 heavy (non-hydrogen) atoms. The fourth-order valence-corrected chi connectivity index (χ4v) is 1.62. The van der Waals surface area contributed by atoms with E-state index in [0.29, 0.717) is 10.0 Å². The number of hydrogen-bond donors (Lipinski definition) is 0. The van der Waals surface area contributed by atoms with E-state index in [4.69, 9.17) is 0 Å². The lowest BCUT2D eigenvalue weighted by atomic mass is 10.0. The molecule has 1 aromatic rings. The van der Waals surface area contributed by atoms with E-state index < -0.39 is 0 Å². The molecule has 0 bridgehead atoms. The molecule has 1 radical (unpaired) electrons. The summed E-state index contributed by atoms with van der Waals surface area (Å²) in [4.78, 5) is 10.3. The zero-order chi connectivity index (χ0) is 10.0. The number of nitrogens with zero attached hydrogens (tertiary/aromatic N) is 1. The molecule has 3 nitrogen and oxygen atoms in total. The topological polar surface area (TPSA) is 43.1 Å². The van der Waals surface area contributed by atoms with Gasteiger partial charge in [-0.3, -0.25) is 10.1 Å². The average Bonchev–Trinajstić information content (AvgIpc) is 2.02. The smallest absolute Gasteiger partial charge is 0.258 e. The normalized spacial score (nSPS) is 10.5. The SMILES string of the molecule is C[C](C)c1cccc(Br)c1[N+](=O)[O-]. The molecule has 0 aliphatic rings. The number of halogens is 1. The first kappa shape index (κ1) is 10.2. The number of nitro benzene ring substituents is 1. The van der Waals surface area contributed by atoms with Gasteiger partial charge in [-0.1, -0.05) is 26.0 Å². The molecule has 69 valence electrons. The molecule has 0 fully saturated rings. The highest BCUT2D eigenvalue weighted by molar-refractivity contribution is 9.10. The maximum atomic E-state index is 10.7. The van der Waals surface area contributed by atoms with E-state index in [-0.39, 0.29) is 10.6 Å². The Morgan fingerprint density at radius 1 is 1.46 bits per heavy atom. The van der Waals surface area contributed by atoms with Gasteiger partial charge in [-0.25, -0.2) is 0 Å². The first-order valence-corrected chi connectivity index (χ1v) is 4.56. The Labute approximate surface area is 85.0 Å². The number of para-hydroxylation sites is 1. The zero-order valence-electron chi connectivity index (χ0n) is 7.37. The minimum absolute atomic E-state index is 0.141. The molecule has 0 aliphatic heterocycles. The first-order chi connectivity index (χ1) is 6.04. The van der Waals surface area contributed by atoms with E-state index in [1.165, 1.54) is 0 Å². The van der Waals surface area contributed by atoms with Crippen LogP contribution in [0.15, 0.2) is 22.7 Å². The second-order valence-electron chi connectivity index (χ2n) is 2.89. The van der Waals surface area contributed by atoms with Gasteiger partial charge in [0.05, 0.1) is 9.40 Å². The van der Waals surface area contributed by atoms with E-state index in [1.807, 2.05) is 13.8 Å². The third kappa shape index (κ3) is 2.06. The van der Waals surface area contributed by atoms with E-state index >= 15 is 0 Å². The number of hydrogen-bond acceptors (Lipinski definition) is 2. The van der Waals surface area contributed by atoms with Crippen LogP contribution in [0.1, 0.15) is 19.4 Å². The van der Waals surface area contributed by atoms with Crippen LogP contribution < -0.4 is 0 Å². The molecule has 0 saturated carbocycles. The van der Waals surface area contributed by atoms with Gasteiger partial charge in [-0.2, -0.15) is 0 Å². The summed E-state index contributed by atoms with van der Waals surface area (Å²) < 4.78 is 0.524. The van der Waals surface area contributed by atoms with Crippen molar-refractivity contribution in [3.8, 4) is 0 Å². The molecule has 1 aromatic carbocycles. The first-order valence-electron chi connectivity index (χ1n) is 3.77. The number of nitro groups is 1. The fourth-order valence-electron chi connectivity index (χ4n) is 1.10. The molecule has 0 saturated heterocycles. The molecule has 0 spiro atoms. The summed E-state index contributed by atoms with van der Waals surface area (Å²) in [5.74, 6) is 0.938. The minimum Gasteiger partial charge on any atom is -0.258 e. The van der Waals surface area contributed by atoms with E-state index in [9.17, 15) is 10.1 Å². The van der Waals surface area contributed by atoms with Crippen molar-refractivity contribution in [1.29, 1.82) is 0 Å². The molecular weight excluding hydrogens is 234 g/mol. The predicted octanol–water partition coefficient (Wildman–Crippen LogP) is 3.32. The zero-order valence-corrected chi connectivity index (χ0v) is 8.96. The standard InChI is InChI=1S/C9H9BrNO2/c1-6(2)7-4-3-5-8(10)9(7)11(12)13/h3-5H,1-2H3. The summed E-state index contributed by atoms with van der Waals surface area (Å²) in [6.45, 7) is 3.71. The fraction of sp³-hybridized carbons (Fsp3) is 0.222. The monoisotopic (exact) mass is 242 g/mol. The van der Waals surface area contributed by atoms with Crippen molar-refractivity contribution < 1.29 is 4.92 Å². The van der Waals surface area contributed by atoms with Crippen LogP contribution >= 0.6 is 15.9 Å². The van der Waals surface area contributed by atoms with Crippen LogP contribution in [0.25, 0.3) is 0 Å². The largest absolute Gasteiger partial charge is 0.287 e. The highest BCUT2D eigenvalue weighted by atomic mass is 79.9. The Morgan fingerprint density at radius 3 is 2.46 bits per heavy atom. The summed E-state index contributed by atoms with van der Waals surface area (Å²) in [6, 6.07) is 5.21. The van der Waals surface area contributed by atoms with Crippen LogP contribution in [0, 0.1) is 16.0 Å². The molecule has 0 unspecified atom stereocenters. The van der Waals surface area contributed by atoms with Crippen LogP contribution in [-0.2, 0) is 0 Å². The van der Waals surface area contributed by atoms with Gasteiger partial charge in [0.15, 0.2) is 0 Å². The van der Waals surface area contributed by atoms with Crippen LogP contribution in [0.5, 0.6) is 0 Å². The van der Waals surface area contributed by atoms with E-state index in [2.05, 4.69) is 15.9 Å². The van der Waals surface area contributed by atoms with Gasteiger partial charge in [0, 0.05) is 11.5 Å². The van der Waals surface area contributed by atoms with Crippen molar-refractivity contribution in [3.63, 3.8) is 0 Å². The van der Waals surface area contributed by atoms with Crippen molar-refractivity contribution in [1.82, 2.24) is 0 Å². The highest BCUT2D eigenvalue weighted by Crippen LogP contribution is 2.32. The Bertz CT molecular complexity index is 336. The molecular formula is C9H9BrNO2. The summed E-state index contributed by atoms with van der Waals surface area (Å²) in [5.41, 5.74) is 0.821. The molecule has 0 heterocycles. The lowest BCUT2D eigenvalue weighted by Crippen LogP contribution is -1.98. The minimum atomic E-state index is -0.369. The van der Waals surface area contributed by atoms with E-state index in [0.717, 1.165) is 5.92 Å². The predicted molar refractivity (Wildman–Crippen MR) is 54.5 cm³/mol. The maximum absolute atomic E-state index is 10.7. The lowest BCUT2D eigenvalue weighted by molar-refractivity contribution is -0.386. The summed E-state index contributed by atoms with van der Waals surface area (Å²) in [6.07, 6.45) is 0. The van der Waals surface area contributed by atoms with E-state index in [1.54, 1.807) is 18.2 Å². The second-order valence-corrected chi connectivity index (χ2v) is 3.75. The summed E-state index contributed by atoms with van der Waals surface area (Å²) in [7, 11) is 0. The summed E-state index contributed by atoms with van der Waals surface area (Å²) in [5, 5.41) is 10.7. The molecule has 0 N–H and O–H groups in total. The van der Waals surface area contributed by atoms with Crippen LogP contribution in [0.2, 0.25) is 0 Å².